The Morgan fingerprint density at radius 2 is 1.89 bits per heavy atom. The van der Waals surface area contributed by atoms with E-state index < -0.39 is 11.9 Å². The molecule has 2 heterocycles. The Balaban J connectivity index is 1.97. The summed E-state index contributed by atoms with van der Waals surface area (Å²) in [4.78, 5) is 30.1. The van der Waals surface area contributed by atoms with Gasteiger partial charge in [0.15, 0.2) is 10.8 Å². The standard InChI is InChI=1S/C27H26BrClN2O5/c1-4-6-11-21-30-25(29)24(27(33)36-5-2)31(21)14-19-16-12-13-35-15-20(16)23(28)22(19)17-9-7-8-10-18(17)26(32)34-3/h7-10,12-13,15H,4-6,11,14H2,1-3H3. The molecule has 0 atom stereocenters. The Labute approximate surface area is 222 Å². The van der Waals surface area contributed by atoms with Crippen LogP contribution >= 0.6 is 27.5 Å². The van der Waals surface area contributed by atoms with Crippen molar-refractivity contribution in [2.24, 2.45) is 0 Å². The molecule has 0 fully saturated rings. The number of unbranched alkanes of at least 4 members (excludes halogenated alkanes) is 1. The van der Waals surface area contributed by atoms with Gasteiger partial charge in [-0.3, -0.25) is 0 Å². The second kappa shape index (κ2) is 11.3. The lowest BCUT2D eigenvalue weighted by Crippen LogP contribution is -2.16. The van der Waals surface area contributed by atoms with Crippen molar-refractivity contribution in [1.29, 1.82) is 0 Å². The SMILES string of the molecule is CCCCc1nc(Cl)c(C(=O)OCC)n1Cc1c2ccocc-2c(Br)c1-c1ccccc1C(=O)OC. The van der Waals surface area contributed by atoms with Crippen molar-refractivity contribution in [3.05, 3.63) is 75.1 Å². The van der Waals surface area contributed by atoms with Crippen LogP contribution in [0.1, 0.15) is 58.9 Å². The van der Waals surface area contributed by atoms with Gasteiger partial charge in [0.25, 0.3) is 0 Å². The summed E-state index contributed by atoms with van der Waals surface area (Å²) in [6.07, 6.45) is 5.75. The molecular weight excluding hydrogens is 548 g/mol. The number of aryl methyl sites for hydroxylation is 1. The highest BCUT2D eigenvalue weighted by Gasteiger charge is 2.30. The summed E-state index contributed by atoms with van der Waals surface area (Å²) < 4.78 is 18.4. The Morgan fingerprint density at radius 3 is 2.61 bits per heavy atom. The third-order valence-corrected chi connectivity index (χ3v) is 7.10. The molecule has 0 N–H and O–H groups in total. The number of hydrogen-bond acceptors (Lipinski definition) is 6. The summed E-state index contributed by atoms with van der Waals surface area (Å²) in [6.45, 7) is 4.34. The van der Waals surface area contributed by atoms with Crippen molar-refractivity contribution >= 4 is 39.5 Å². The molecule has 9 heteroatoms. The number of carbonyl (C=O) groups is 2. The first-order valence-corrected chi connectivity index (χ1v) is 12.9. The molecule has 7 nitrogen and oxygen atoms in total. The van der Waals surface area contributed by atoms with Crippen LogP contribution in [0.3, 0.4) is 0 Å². The van der Waals surface area contributed by atoms with E-state index in [0.717, 1.165) is 39.6 Å². The number of nitrogens with zero attached hydrogens (tertiary/aromatic N) is 2. The lowest BCUT2D eigenvalue weighted by Gasteiger charge is -2.15. The highest BCUT2D eigenvalue weighted by atomic mass is 79.9. The number of rotatable bonds is 9. The predicted molar refractivity (Wildman–Crippen MR) is 141 cm³/mol. The van der Waals surface area contributed by atoms with Gasteiger partial charge in [0.2, 0.25) is 0 Å². The number of halogens is 2. The number of hydrogen-bond donors (Lipinski definition) is 0. The molecule has 2 aliphatic rings. The zero-order valence-electron chi connectivity index (χ0n) is 20.3. The Morgan fingerprint density at radius 1 is 1.11 bits per heavy atom. The molecule has 0 spiro atoms. The number of imidazole rings is 1. The molecular formula is C27H26BrClN2O5. The van der Waals surface area contributed by atoms with Crippen LogP contribution in [-0.2, 0) is 22.4 Å². The van der Waals surface area contributed by atoms with E-state index in [-0.39, 0.29) is 24.0 Å². The number of benzene rings is 1. The van der Waals surface area contributed by atoms with Gasteiger partial charge in [-0.25, -0.2) is 14.6 Å². The van der Waals surface area contributed by atoms with E-state index >= 15 is 0 Å². The lowest BCUT2D eigenvalue weighted by atomic mass is 9.97. The number of carbonyl (C=O) groups excluding carboxylic acids is 2. The van der Waals surface area contributed by atoms with E-state index in [1.807, 2.05) is 22.8 Å². The zero-order valence-corrected chi connectivity index (χ0v) is 22.6. The summed E-state index contributed by atoms with van der Waals surface area (Å²) in [5.74, 6) is -0.276. The minimum Gasteiger partial charge on any atom is -0.472 e. The smallest absolute Gasteiger partial charge is 0.358 e. The van der Waals surface area contributed by atoms with Crippen molar-refractivity contribution in [1.82, 2.24) is 9.55 Å². The van der Waals surface area contributed by atoms with Gasteiger partial charge in [0.1, 0.15) is 5.82 Å². The van der Waals surface area contributed by atoms with E-state index in [1.165, 1.54) is 7.11 Å². The average molecular weight is 574 g/mol. The van der Waals surface area contributed by atoms with Crippen LogP contribution in [0.15, 0.2) is 51.7 Å². The van der Waals surface area contributed by atoms with Crippen molar-refractivity contribution < 1.29 is 23.5 Å². The highest BCUT2D eigenvalue weighted by Crippen LogP contribution is 2.47. The molecule has 0 saturated heterocycles. The van der Waals surface area contributed by atoms with Crippen LogP contribution in [0, 0.1) is 0 Å². The van der Waals surface area contributed by atoms with Crippen molar-refractivity contribution in [3.8, 4) is 22.3 Å². The molecule has 0 amide bonds. The Bertz CT molecular complexity index is 1380. The first kappa shape index (κ1) is 26.0. The molecule has 2 aromatic rings. The van der Waals surface area contributed by atoms with Crippen LogP contribution in [0.5, 0.6) is 0 Å². The van der Waals surface area contributed by atoms with Gasteiger partial charge < -0.3 is 18.5 Å². The molecule has 0 bridgehead atoms. The van der Waals surface area contributed by atoms with Crippen molar-refractivity contribution in [2.45, 2.75) is 39.7 Å². The van der Waals surface area contributed by atoms with Gasteiger partial charge in [-0.15, -0.1) is 0 Å². The molecule has 188 valence electrons. The summed E-state index contributed by atoms with van der Waals surface area (Å²) in [5.41, 5.74) is 4.75. The van der Waals surface area contributed by atoms with Gasteiger partial charge in [-0.05, 0) is 58.1 Å². The molecule has 1 aliphatic heterocycles. The summed E-state index contributed by atoms with van der Waals surface area (Å²) >= 11 is 10.2. The van der Waals surface area contributed by atoms with Crippen LogP contribution < -0.4 is 0 Å². The minimum absolute atomic E-state index is 0.112. The third-order valence-electron chi connectivity index (χ3n) is 6.02. The molecule has 4 rings (SSSR count). The maximum absolute atomic E-state index is 12.9. The van der Waals surface area contributed by atoms with Crippen LogP contribution in [0.2, 0.25) is 5.15 Å². The summed E-state index contributed by atoms with van der Waals surface area (Å²) in [5, 5.41) is 0.112. The number of ether oxygens (including phenoxy) is 2. The number of fused-ring (bicyclic) bond motifs is 1. The molecule has 1 aromatic carbocycles. The van der Waals surface area contributed by atoms with E-state index in [2.05, 4.69) is 27.8 Å². The van der Waals surface area contributed by atoms with E-state index in [9.17, 15) is 9.59 Å². The zero-order chi connectivity index (χ0) is 25.8. The second-order valence-corrected chi connectivity index (χ2v) is 9.32. The maximum Gasteiger partial charge on any atom is 0.358 e. The van der Waals surface area contributed by atoms with Gasteiger partial charge in [-0.1, -0.05) is 43.1 Å². The Kier molecular flexibility index (Phi) is 8.16. The van der Waals surface area contributed by atoms with E-state index in [0.29, 0.717) is 23.4 Å². The number of aromatic nitrogens is 2. The van der Waals surface area contributed by atoms with Gasteiger partial charge in [0.05, 0.1) is 38.4 Å². The molecule has 0 saturated carbocycles. The molecule has 0 radical (unpaired) electrons. The average Bonchev–Trinajstić information content (AvgIpc) is 3.35. The maximum atomic E-state index is 12.9. The number of methoxy groups -OCH3 is 1. The fraction of sp³-hybridized carbons (Fsp3) is 0.296. The van der Waals surface area contributed by atoms with E-state index in [1.54, 1.807) is 31.6 Å². The fourth-order valence-corrected chi connectivity index (χ4v) is 5.39. The van der Waals surface area contributed by atoms with Gasteiger partial charge >= 0.3 is 11.9 Å². The van der Waals surface area contributed by atoms with Crippen molar-refractivity contribution in [2.75, 3.05) is 13.7 Å². The van der Waals surface area contributed by atoms with Gasteiger partial charge in [0, 0.05) is 22.0 Å². The van der Waals surface area contributed by atoms with Crippen LogP contribution in [0.4, 0.5) is 0 Å². The normalized spacial score (nSPS) is 11.1. The first-order valence-electron chi connectivity index (χ1n) is 11.7. The quantitative estimate of drug-likeness (QED) is 0.200. The Hall–Kier alpha value is -3.10. The predicted octanol–water partition coefficient (Wildman–Crippen LogP) is 7.02. The van der Waals surface area contributed by atoms with Crippen molar-refractivity contribution in [3.63, 3.8) is 0 Å². The molecule has 1 aromatic heterocycles. The topological polar surface area (TPSA) is 83.6 Å². The first-order chi connectivity index (χ1) is 17.4. The molecule has 1 aliphatic carbocycles. The fourth-order valence-electron chi connectivity index (χ4n) is 4.35. The summed E-state index contributed by atoms with van der Waals surface area (Å²) in [6, 6.07) is 9.12. The monoisotopic (exact) mass is 572 g/mol. The number of esters is 2. The van der Waals surface area contributed by atoms with Crippen LogP contribution in [0.25, 0.3) is 22.3 Å². The largest absolute Gasteiger partial charge is 0.472 e. The van der Waals surface area contributed by atoms with Gasteiger partial charge in [-0.2, -0.15) is 0 Å². The van der Waals surface area contributed by atoms with Crippen LogP contribution in [-0.4, -0.2) is 35.2 Å². The highest BCUT2D eigenvalue weighted by molar-refractivity contribution is 9.10. The molecule has 36 heavy (non-hydrogen) atoms. The lowest BCUT2D eigenvalue weighted by molar-refractivity contribution is 0.0513. The third kappa shape index (κ3) is 4.80. The van der Waals surface area contributed by atoms with E-state index in [4.69, 9.17) is 25.5 Å². The second-order valence-electron chi connectivity index (χ2n) is 8.17. The minimum atomic E-state index is -0.529. The summed E-state index contributed by atoms with van der Waals surface area (Å²) in [7, 11) is 1.36. The molecule has 0 unspecified atom stereocenters.